The van der Waals surface area contributed by atoms with Crippen molar-refractivity contribution in [2.24, 2.45) is 11.8 Å². The van der Waals surface area contributed by atoms with Crippen LogP contribution in [0.5, 0.6) is 17.2 Å². The molecule has 3 aliphatic heterocycles. The summed E-state index contributed by atoms with van der Waals surface area (Å²) in [4.78, 5) is 56.6. The van der Waals surface area contributed by atoms with Gasteiger partial charge < -0.3 is 19.1 Å². The molecule has 0 unspecified atom stereocenters. The molecule has 9 nitrogen and oxygen atoms in total. The van der Waals surface area contributed by atoms with E-state index in [2.05, 4.69) is 0 Å². The van der Waals surface area contributed by atoms with Gasteiger partial charge in [0.2, 0.25) is 11.8 Å². The number of anilines is 1. The molecule has 0 N–H and O–H groups in total. The van der Waals surface area contributed by atoms with Gasteiger partial charge in [0.05, 0.1) is 37.8 Å². The lowest BCUT2D eigenvalue weighted by molar-refractivity contribution is -0.132. The van der Waals surface area contributed by atoms with E-state index in [1.807, 2.05) is 41.4 Å². The first-order chi connectivity index (χ1) is 19.3. The predicted octanol–water partition coefficient (Wildman–Crippen LogP) is 4.03. The molecular weight excluding hydrogens is 512 g/mol. The van der Waals surface area contributed by atoms with Crippen LogP contribution >= 0.6 is 0 Å². The maximum Gasteiger partial charge on any atom is 0.308 e. The van der Waals surface area contributed by atoms with E-state index in [1.54, 1.807) is 30.3 Å². The lowest BCUT2D eigenvalue weighted by atomic mass is 9.83. The summed E-state index contributed by atoms with van der Waals surface area (Å²) >= 11 is 0. The standard InChI is InChI=1S/C31H26N2O7/c1-17(34)40-21-11-9-20(10-12-21)33-30(36)25-26(31(33)37)28(29(35)19-8-13-23(38-2)24(16-19)39-3)32-15-14-18-6-4-5-7-22(18)27(25)32/h4-16,25-28H,1-3H3/t25-,26-,27+,28+/m1/s1. The highest BCUT2D eigenvalue weighted by Gasteiger charge is 2.64. The summed E-state index contributed by atoms with van der Waals surface area (Å²) in [7, 11) is 3.00. The Morgan fingerprint density at radius 2 is 1.52 bits per heavy atom. The van der Waals surface area contributed by atoms with Crippen molar-refractivity contribution in [1.82, 2.24) is 4.90 Å². The SMILES string of the molecule is COc1ccc(C(=O)[C@@H]2[C@@H]3C(=O)N(c4ccc(OC(C)=O)cc4)C(=O)[C@H]3[C@@H]3c4ccccc4C=CN23)cc1OC. The molecule has 2 saturated heterocycles. The number of amides is 2. The van der Waals surface area contributed by atoms with Gasteiger partial charge in [-0.3, -0.25) is 19.2 Å². The number of esters is 1. The zero-order chi connectivity index (χ0) is 28.1. The number of carbonyl (C=O) groups excluding carboxylic acids is 4. The monoisotopic (exact) mass is 538 g/mol. The number of carbonyl (C=O) groups is 4. The molecule has 40 heavy (non-hydrogen) atoms. The van der Waals surface area contributed by atoms with Crippen LogP contribution < -0.4 is 19.1 Å². The number of ether oxygens (including phenoxy) is 3. The molecule has 3 heterocycles. The number of hydrogen-bond acceptors (Lipinski definition) is 8. The largest absolute Gasteiger partial charge is 0.493 e. The van der Waals surface area contributed by atoms with E-state index >= 15 is 0 Å². The number of hydrogen-bond donors (Lipinski definition) is 0. The van der Waals surface area contributed by atoms with Crippen molar-refractivity contribution in [2.75, 3.05) is 19.1 Å². The molecule has 4 atom stereocenters. The fourth-order valence-electron chi connectivity index (χ4n) is 6.10. The summed E-state index contributed by atoms with van der Waals surface area (Å²) in [6.07, 6.45) is 3.72. The number of methoxy groups -OCH3 is 2. The molecule has 3 aromatic rings. The fourth-order valence-corrected chi connectivity index (χ4v) is 6.10. The second-order valence-corrected chi connectivity index (χ2v) is 9.87. The van der Waals surface area contributed by atoms with Gasteiger partial charge in [-0.15, -0.1) is 0 Å². The van der Waals surface area contributed by atoms with Gasteiger partial charge in [0.1, 0.15) is 11.8 Å². The minimum atomic E-state index is -0.917. The molecule has 0 radical (unpaired) electrons. The lowest BCUT2D eigenvalue weighted by Crippen LogP contribution is -2.44. The third-order valence-corrected chi connectivity index (χ3v) is 7.75. The quantitative estimate of drug-likeness (QED) is 0.201. The van der Waals surface area contributed by atoms with Crippen LogP contribution in [0.15, 0.2) is 72.9 Å². The maximum atomic E-state index is 14.2. The number of ketones is 1. The number of rotatable bonds is 6. The molecule has 2 amide bonds. The number of benzene rings is 3. The Balaban J connectivity index is 1.44. The van der Waals surface area contributed by atoms with Crippen molar-refractivity contribution in [2.45, 2.75) is 19.0 Å². The minimum absolute atomic E-state index is 0.296. The summed E-state index contributed by atoms with van der Waals surface area (Å²) in [5.41, 5.74) is 2.52. The smallest absolute Gasteiger partial charge is 0.308 e. The number of nitrogens with zero attached hydrogens (tertiary/aromatic N) is 2. The molecule has 3 aromatic carbocycles. The number of fused-ring (bicyclic) bond motifs is 5. The lowest BCUT2D eigenvalue weighted by Gasteiger charge is -2.35. The molecule has 0 aliphatic carbocycles. The van der Waals surface area contributed by atoms with Crippen LogP contribution in [0.1, 0.15) is 34.5 Å². The van der Waals surface area contributed by atoms with E-state index in [9.17, 15) is 19.2 Å². The summed E-state index contributed by atoms with van der Waals surface area (Å²) in [5, 5.41) is 0. The molecule has 202 valence electrons. The second kappa shape index (κ2) is 9.68. The third-order valence-electron chi connectivity index (χ3n) is 7.75. The molecule has 2 fully saturated rings. The molecule has 0 spiro atoms. The zero-order valence-electron chi connectivity index (χ0n) is 22.1. The Hall–Kier alpha value is -4.92. The van der Waals surface area contributed by atoms with Crippen molar-refractivity contribution in [3.05, 3.63) is 89.6 Å². The average molecular weight is 539 g/mol. The van der Waals surface area contributed by atoms with E-state index in [4.69, 9.17) is 14.2 Å². The van der Waals surface area contributed by atoms with Gasteiger partial charge in [-0.25, -0.2) is 4.90 Å². The van der Waals surface area contributed by atoms with Crippen LogP contribution in [0, 0.1) is 11.8 Å². The number of Topliss-reactive ketones (excluding diaryl/α,β-unsaturated/α-hetero) is 1. The Morgan fingerprint density at radius 1 is 0.825 bits per heavy atom. The summed E-state index contributed by atoms with van der Waals surface area (Å²) < 4.78 is 15.8. The Labute approximate surface area is 230 Å². The van der Waals surface area contributed by atoms with Crippen LogP contribution in [-0.2, 0) is 14.4 Å². The first-order valence-corrected chi connectivity index (χ1v) is 12.8. The van der Waals surface area contributed by atoms with Crippen molar-refractivity contribution in [1.29, 1.82) is 0 Å². The van der Waals surface area contributed by atoms with Crippen LogP contribution in [-0.4, -0.2) is 48.7 Å². The van der Waals surface area contributed by atoms with Gasteiger partial charge in [-0.2, -0.15) is 0 Å². The predicted molar refractivity (Wildman–Crippen MR) is 145 cm³/mol. The van der Waals surface area contributed by atoms with E-state index in [-0.39, 0.29) is 11.7 Å². The van der Waals surface area contributed by atoms with Gasteiger partial charge in [0, 0.05) is 18.7 Å². The average Bonchev–Trinajstić information content (AvgIpc) is 3.44. The van der Waals surface area contributed by atoms with Crippen LogP contribution in [0.2, 0.25) is 0 Å². The van der Waals surface area contributed by atoms with Gasteiger partial charge in [-0.1, -0.05) is 24.3 Å². The molecule has 0 bridgehead atoms. The van der Waals surface area contributed by atoms with Crippen molar-refractivity contribution in [3.8, 4) is 17.2 Å². The fraction of sp³-hybridized carbons (Fsp3) is 0.226. The second-order valence-electron chi connectivity index (χ2n) is 9.87. The topological polar surface area (TPSA) is 102 Å². The molecule has 0 saturated carbocycles. The number of imide groups is 1. The molecular formula is C31H26N2O7. The van der Waals surface area contributed by atoms with Crippen molar-refractivity contribution in [3.63, 3.8) is 0 Å². The normalized spacial score (nSPS) is 22.5. The summed E-state index contributed by atoms with van der Waals surface area (Å²) in [5.74, 6) is -2.12. The minimum Gasteiger partial charge on any atom is -0.493 e. The first kappa shape index (κ1) is 25.4. The van der Waals surface area contributed by atoms with Crippen LogP contribution in [0.4, 0.5) is 5.69 Å². The van der Waals surface area contributed by atoms with E-state index < -0.39 is 35.8 Å². The van der Waals surface area contributed by atoms with Crippen molar-refractivity contribution >= 4 is 35.3 Å². The Kier molecular flexibility index (Phi) is 6.14. The molecule has 3 aliphatic rings. The highest BCUT2D eigenvalue weighted by molar-refractivity contribution is 6.24. The highest BCUT2D eigenvalue weighted by atomic mass is 16.5. The van der Waals surface area contributed by atoms with E-state index in [0.29, 0.717) is 28.5 Å². The van der Waals surface area contributed by atoms with Gasteiger partial charge >= 0.3 is 5.97 Å². The molecule has 0 aromatic heterocycles. The Bertz CT molecular complexity index is 1580. The van der Waals surface area contributed by atoms with Gasteiger partial charge in [-0.05, 0) is 59.7 Å². The maximum absolute atomic E-state index is 14.2. The Morgan fingerprint density at radius 3 is 2.23 bits per heavy atom. The van der Waals surface area contributed by atoms with Crippen molar-refractivity contribution < 1.29 is 33.4 Å². The van der Waals surface area contributed by atoms with Gasteiger partial charge in [0.15, 0.2) is 17.3 Å². The van der Waals surface area contributed by atoms with E-state index in [1.165, 1.54) is 33.3 Å². The van der Waals surface area contributed by atoms with Crippen LogP contribution in [0.25, 0.3) is 6.08 Å². The van der Waals surface area contributed by atoms with Crippen LogP contribution in [0.3, 0.4) is 0 Å². The summed E-state index contributed by atoms with van der Waals surface area (Å²) in [6, 6.07) is 17.3. The molecule has 9 heteroatoms. The van der Waals surface area contributed by atoms with E-state index in [0.717, 1.165) is 16.0 Å². The summed E-state index contributed by atoms with van der Waals surface area (Å²) in [6.45, 7) is 1.29. The van der Waals surface area contributed by atoms with Gasteiger partial charge in [0.25, 0.3) is 0 Å². The zero-order valence-corrected chi connectivity index (χ0v) is 22.1. The molecule has 6 rings (SSSR count). The third kappa shape index (κ3) is 3.85. The first-order valence-electron chi connectivity index (χ1n) is 12.8. The highest BCUT2D eigenvalue weighted by Crippen LogP contribution is 2.54.